The molecule has 0 unspecified atom stereocenters. The van der Waals surface area contributed by atoms with E-state index < -0.39 is 76.1 Å². The lowest BCUT2D eigenvalue weighted by Crippen LogP contribution is -2.74. The second-order valence-corrected chi connectivity index (χ2v) is 10.00. The number of ether oxygens (including phenoxy) is 1. The highest BCUT2D eigenvalue weighted by Crippen LogP contribution is 2.65. The number of fused-ring (bicyclic) bond motifs is 1. The standard InChI is InChI=1S/C20H14BrF13O3/c1-13(2,3)37-12(36)14(7-8-6-9(21)4-5-10(8)11(14)35)15(22,23)16(24,25)17(26,27)18(28,29)19(30,31)20(32,33)34/h4-6H,7H2,1-3H3/t14-/m0/s1. The molecule has 0 spiro atoms. The predicted molar refractivity (Wildman–Crippen MR) is 101 cm³/mol. The second kappa shape index (κ2) is 8.46. The van der Waals surface area contributed by atoms with Gasteiger partial charge in [-0.2, -0.15) is 57.1 Å². The van der Waals surface area contributed by atoms with Crippen molar-refractivity contribution in [3.05, 3.63) is 33.8 Å². The van der Waals surface area contributed by atoms with Crippen molar-refractivity contribution in [2.24, 2.45) is 5.41 Å². The number of benzene rings is 1. The number of alkyl halides is 13. The number of carbonyl (C=O) groups excluding carboxylic acids is 2. The number of Topliss-reactive ketones (excluding diaryl/α,β-unsaturated/α-hetero) is 1. The van der Waals surface area contributed by atoms with Crippen LogP contribution in [0.5, 0.6) is 0 Å². The third kappa shape index (κ3) is 4.18. The zero-order chi connectivity index (χ0) is 29.4. The van der Waals surface area contributed by atoms with Gasteiger partial charge in [-0.05, 0) is 44.5 Å². The van der Waals surface area contributed by atoms with Crippen LogP contribution in [0.15, 0.2) is 22.7 Å². The molecule has 0 aromatic heterocycles. The zero-order valence-corrected chi connectivity index (χ0v) is 20.0. The molecule has 1 aromatic carbocycles. The van der Waals surface area contributed by atoms with E-state index in [4.69, 9.17) is 0 Å². The Bertz CT molecular complexity index is 1110. The van der Waals surface area contributed by atoms with Gasteiger partial charge in [-0.1, -0.05) is 15.9 Å². The highest BCUT2D eigenvalue weighted by atomic mass is 79.9. The van der Waals surface area contributed by atoms with Crippen molar-refractivity contribution < 1.29 is 71.4 Å². The molecule has 0 saturated heterocycles. The van der Waals surface area contributed by atoms with Crippen molar-refractivity contribution in [3.8, 4) is 0 Å². The Labute approximate surface area is 207 Å². The van der Waals surface area contributed by atoms with Crippen LogP contribution in [-0.2, 0) is 16.0 Å². The Hall–Kier alpha value is -2.07. The molecule has 1 aliphatic rings. The van der Waals surface area contributed by atoms with Gasteiger partial charge in [0.05, 0.1) is 0 Å². The molecule has 0 N–H and O–H groups in total. The van der Waals surface area contributed by atoms with Gasteiger partial charge in [0.1, 0.15) is 5.60 Å². The van der Waals surface area contributed by atoms with E-state index in [2.05, 4.69) is 20.7 Å². The summed E-state index contributed by atoms with van der Waals surface area (Å²) >= 11 is 2.82. The SMILES string of the molecule is CC(C)(C)OC(=O)[C@]1(C(F)(F)C(F)(F)C(F)(F)C(F)(F)C(F)(F)C(F)(F)F)Cc2cc(Br)ccc2C1=O. The number of hydrogen-bond acceptors (Lipinski definition) is 3. The average molecular weight is 629 g/mol. The van der Waals surface area contributed by atoms with E-state index in [0.717, 1.165) is 32.9 Å². The average Bonchev–Trinajstić information content (AvgIpc) is 2.98. The lowest BCUT2D eigenvalue weighted by molar-refractivity contribution is -0.444. The molecule has 0 aliphatic heterocycles. The molecule has 1 aliphatic carbocycles. The lowest BCUT2D eigenvalue weighted by atomic mass is 9.72. The van der Waals surface area contributed by atoms with Gasteiger partial charge >= 0.3 is 41.8 Å². The van der Waals surface area contributed by atoms with E-state index >= 15 is 8.78 Å². The van der Waals surface area contributed by atoms with Crippen LogP contribution in [0, 0.1) is 5.41 Å². The molecule has 1 atom stereocenters. The molecule has 1 aromatic rings. The van der Waals surface area contributed by atoms with E-state index in [0.29, 0.717) is 6.07 Å². The third-order valence-corrected chi connectivity index (χ3v) is 5.87. The maximum absolute atomic E-state index is 15.4. The van der Waals surface area contributed by atoms with Crippen LogP contribution in [0.3, 0.4) is 0 Å². The molecule has 17 heteroatoms. The number of halogens is 14. The monoisotopic (exact) mass is 628 g/mol. The van der Waals surface area contributed by atoms with E-state index in [1.807, 2.05) is 0 Å². The molecule has 0 heterocycles. The maximum Gasteiger partial charge on any atom is 0.460 e. The summed E-state index contributed by atoms with van der Waals surface area (Å²) in [5.74, 6) is -44.1. The summed E-state index contributed by atoms with van der Waals surface area (Å²) in [6.07, 6.45) is -9.48. The van der Waals surface area contributed by atoms with E-state index in [1.54, 1.807) is 0 Å². The quantitative estimate of drug-likeness (QED) is 0.189. The largest absolute Gasteiger partial charge is 0.460 e. The molecular weight excluding hydrogens is 615 g/mol. The van der Waals surface area contributed by atoms with Crippen molar-refractivity contribution in [3.63, 3.8) is 0 Å². The van der Waals surface area contributed by atoms with Crippen molar-refractivity contribution in [2.45, 2.75) is 68.6 Å². The Morgan fingerprint density at radius 3 is 1.70 bits per heavy atom. The van der Waals surface area contributed by atoms with Crippen LogP contribution in [0.25, 0.3) is 0 Å². The molecule has 2 rings (SSSR count). The van der Waals surface area contributed by atoms with Gasteiger partial charge in [-0.15, -0.1) is 0 Å². The van der Waals surface area contributed by atoms with Crippen LogP contribution < -0.4 is 0 Å². The van der Waals surface area contributed by atoms with Crippen molar-refractivity contribution in [1.82, 2.24) is 0 Å². The topological polar surface area (TPSA) is 43.4 Å². The fourth-order valence-corrected chi connectivity index (χ4v) is 3.88. The van der Waals surface area contributed by atoms with Gasteiger partial charge < -0.3 is 4.74 Å². The van der Waals surface area contributed by atoms with Crippen LogP contribution in [0.4, 0.5) is 57.1 Å². The van der Waals surface area contributed by atoms with Crippen LogP contribution in [-0.4, -0.2) is 53.1 Å². The van der Waals surface area contributed by atoms with Gasteiger partial charge in [-0.3, -0.25) is 9.59 Å². The number of hydrogen-bond donors (Lipinski definition) is 0. The van der Waals surface area contributed by atoms with E-state index in [-0.39, 0.29) is 4.47 Å². The highest BCUT2D eigenvalue weighted by Gasteiger charge is 2.94. The number of ketones is 1. The molecule has 0 amide bonds. The first-order chi connectivity index (χ1) is 16.1. The summed E-state index contributed by atoms with van der Waals surface area (Å²) in [5, 5.41) is 0. The van der Waals surface area contributed by atoms with Gasteiger partial charge in [-0.25, -0.2) is 0 Å². The number of rotatable bonds is 6. The number of carbonyl (C=O) groups is 2. The van der Waals surface area contributed by atoms with Crippen molar-refractivity contribution in [2.75, 3.05) is 0 Å². The summed E-state index contributed by atoms with van der Waals surface area (Å²) in [6, 6.07) is 2.44. The Kier molecular flexibility index (Phi) is 7.13. The van der Waals surface area contributed by atoms with Gasteiger partial charge in [0.25, 0.3) is 0 Å². The van der Waals surface area contributed by atoms with Gasteiger partial charge in [0.2, 0.25) is 5.41 Å². The minimum Gasteiger partial charge on any atom is -0.459 e. The first-order valence-electron chi connectivity index (χ1n) is 9.66. The molecule has 0 saturated carbocycles. The van der Waals surface area contributed by atoms with Crippen LogP contribution in [0.1, 0.15) is 36.7 Å². The van der Waals surface area contributed by atoms with Gasteiger partial charge in [0, 0.05) is 16.5 Å². The minimum atomic E-state index is -8.18. The first-order valence-corrected chi connectivity index (χ1v) is 10.5. The maximum atomic E-state index is 15.4. The Morgan fingerprint density at radius 2 is 1.27 bits per heavy atom. The molecule has 0 radical (unpaired) electrons. The normalized spacial score (nSPS) is 20.2. The second-order valence-electron chi connectivity index (χ2n) is 9.08. The van der Waals surface area contributed by atoms with Crippen LogP contribution >= 0.6 is 15.9 Å². The molecular formula is C20H14BrF13O3. The van der Waals surface area contributed by atoms with Crippen molar-refractivity contribution >= 4 is 27.7 Å². The summed E-state index contributed by atoms with van der Waals surface area (Å²) in [5.41, 5.74) is -8.27. The zero-order valence-electron chi connectivity index (χ0n) is 18.5. The van der Waals surface area contributed by atoms with Gasteiger partial charge in [0.15, 0.2) is 5.78 Å². The van der Waals surface area contributed by atoms with Crippen LogP contribution in [0.2, 0.25) is 0 Å². The van der Waals surface area contributed by atoms with E-state index in [1.165, 1.54) is 0 Å². The molecule has 3 nitrogen and oxygen atoms in total. The Balaban J connectivity index is 2.86. The molecule has 0 fully saturated rings. The minimum absolute atomic E-state index is 0.0178. The van der Waals surface area contributed by atoms with Crippen molar-refractivity contribution in [1.29, 1.82) is 0 Å². The summed E-state index contributed by atoms with van der Waals surface area (Å²) in [6.45, 7) is 2.85. The fraction of sp³-hybridized carbons (Fsp3) is 0.600. The summed E-state index contributed by atoms with van der Waals surface area (Å²) < 4.78 is 184. The molecule has 210 valence electrons. The molecule has 37 heavy (non-hydrogen) atoms. The lowest BCUT2D eigenvalue weighted by Gasteiger charge is -2.44. The third-order valence-electron chi connectivity index (χ3n) is 5.37. The Morgan fingerprint density at radius 1 is 0.811 bits per heavy atom. The predicted octanol–water partition coefficient (Wildman–Crippen LogP) is 7.25. The first kappa shape index (κ1) is 31.1. The molecule has 0 bridgehead atoms. The smallest absolute Gasteiger partial charge is 0.459 e. The number of esters is 1. The summed E-state index contributed by atoms with van der Waals surface area (Å²) in [4.78, 5) is 25.6. The fourth-order valence-electron chi connectivity index (χ4n) is 3.48. The van der Waals surface area contributed by atoms with E-state index in [9.17, 15) is 57.9 Å². The highest BCUT2D eigenvalue weighted by molar-refractivity contribution is 9.10. The summed E-state index contributed by atoms with van der Waals surface area (Å²) in [7, 11) is 0.